The number of nitrogens with zero attached hydrogens (tertiary/aromatic N) is 1. The molecule has 58 valence electrons. The molecule has 0 spiro atoms. The molecule has 0 aromatic rings. The van der Waals surface area contributed by atoms with Crippen LogP contribution in [0.15, 0.2) is 4.99 Å². The first kappa shape index (κ1) is 16.3. The van der Waals surface area contributed by atoms with E-state index in [-0.39, 0.29) is 48.0 Å². The molecule has 0 aromatic carbocycles. The molecule has 0 aromatic heterocycles. The highest BCUT2D eigenvalue weighted by atomic mass is 127. The van der Waals surface area contributed by atoms with Crippen LogP contribution in [-0.4, -0.2) is 20.1 Å². The van der Waals surface area contributed by atoms with Gasteiger partial charge in [-0.1, -0.05) is 0 Å². The molecule has 0 aliphatic carbocycles. The monoisotopic (exact) mass is 358 g/mol. The summed E-state index contributed by atoms with van der Waals surface area (Å²) in [6.07, 6.45) is 0. The van der Waals surface area contributed by atoms with Crippen molar-refractivity contribution in [1.82, 2.24) is 10.7 Å². The molecule has 0 saturated carbocycles. The van der Waals surface area contributed by atoms with Gasteiger partial charge in [-0.15, -0.1) is 48.0 Å². The van der Waals surface area contributed by atoms with Gasteiger partial charge >= 0.3 is 0 Å². The van der Waals surface area contributed by atoms with Gasteiger partial charge < -0.3 is 5.32 Å². The Bertz CT molecular complexity index is 68.2. The Morgan fingerprint density at radius 3 is 1.89 bits per heavy atom. The van der Waals surface area contributed by atoms with E-state index in [2.05, 4.69) is 15.7 Å². The molecule has 0 aliphatic rings. The van der Waals surface area contributed by atoms with E-state index < -0.39 is 0 Å². The fourth-order valence-corrected chi connectivity index (χ4v) is 0.249. The Labute approximate surface area is 89.1 Å². The van der Waals surface area contributed by atoms with E-state index >= 15 is 0 Å². The number of nitrogens with two attached hydrogens (primary N) is 1. The Kier molecular flexibility index (Phi) is 20.9. The van der Waals surface area contributed by atoms with E-state index in [0.29, 0.717) is 5.96 Å². The van der Waals surface area contributed by atoms with Crippen molar-refractivity contribution in [2.45, 2.75) is 0 Å². The highest BCUT2D eigenvalue weighted by Crippen LogP contribution is 1.53. The number of hydrazine groups is 1. The molecule has 0 radical (unpaired) electrons. The maximum atomic E-state index is 4.95. The van der Waals surface area contributed by atoms with Crippen LogP contribution in [0, 0.1) is 0 Å². The van der Waals surface area contributed by atoms with Crippen molar-refractivity contribution in [2.24, 2.45) is 10.8 Å². The van der Waals surface area contributed by atoms with Gasteiger partial charge in [-0.25, -0.2) is 5.84 Å². The average molecular weight is 358 g/mol. The quantitative estimate of drug-likeness (QED) is 0.186. The highest BCUT2D eigenvalue weighted by Gasteiger charge is 1.80. The normalized spacial score (nSPS) is 8.56. The number of rotatable bonds is 0. The van der Waals surface area contributed by atoms with Crippen LogP contribution in [0.4, 0.5) is 0 Å². The van der Waals surface area contributed by atoms with Crippen molar-refractivity contribution in [3.05, 3.63) is 0 Å². The smallest absolute Gasteiger partial charge is 0.205 e. The summed E-state index contributed by atoms with van der Waals surface area (Å²) in [5.41, 5.74) is 2.34. The molecule has 0 aliphatic heterocycles. The highest BCUT2D eigenvalue weighted by molar-refractivity contribution is 14.0. The Morgan fingerprint density at radius 1 is 1.44 bits per heavy atom. The van der Waals surface area contributed by atoms with Gasteiger partial charge in [0.2, 0.25) is 5.96 Å². The zero-order valence-electron chi connectivity index (χ0n) is 5.34. The lowest BCUT2D eigenvalue weighted by molar-refractivity contribution is 0.938. The summed E-state index contributed by atoms with van der Waals surface area (Å²) in [5, 5.41) is 2.72. The number of aliphatic imine (C=N–C) groups is 1. The first-order chi connectivity index (χ1) is 3.35. The number of nitrogens with one attached hydrogen (secondary N) is 2. The van der Waals surface area contributed by atoms with Crippen LogP contribution in [0.25, 0.3) is 0 Å². The van der Waals surface area contributed by atoms with E-state index in [0.717, 1.165) is 0 Å². The van der Waals surface area contributed by atoms with Gasteiger partial charge in [-0.05, 0) is 0 Å². The summed E-state index contributed by atoms with van der Waals surface area (Å²) in [5.74, 6) is 5.53. The third kappa shape index (κ3) is 8.69. The summed E-state index contributed by atoms with van der Waals surface area (Å²) in [4.78, 5) is 3.69. The topological polar surface area (TPSA) is 62.4 Å². The number of guanidine groups is 1. The van der Waals surface area contributed by atoms with Crippen molar-refractivity contribution in [1.29, 1.82) is 0 Å². The van der Waals surface area contributed by atoms with Gasteiger partial charge in [0.05, 0.1) is 0 Å². The standard InChI is InChI=1S/C3H10N4.2HI/c1-5-3(6-2)7-4;;/h4H2,1-2H3,(H2,5,6,7);2*1H. The first-order valence-electron chi connectivity index (χ1n) is 1.96. The predicted molar refractivity (Wildman–Crippen MR) is 60.6 cm³/mol. The van der Waals surface area contributed by atoms with Gasteiger partial charge in [0.15, 0.2) is 0 Å². The second kappa shape index (κ2) is 11.5. The average Bonchev–Trinajstić information content (AvgIpc) is 1.72. The van der Waals surface area contributed by atoms with E-state index in [1.165, 1.54) is 0 Å². The molecule has 0 amide bonds. The van der Waals surface area contributed by atoms with E-state index in [4.69, 9.17) is 5.84 Å². The minimum atomic E-state index is 0. The lowest BCUT2D eigenvalue weighted by Crippen LogP contribution is -2.39. The molecule has 0 unspecified atom stereocenters. The van der Waals surface area contributed by atoms with Crippen molar-refractivity contribution in [3.63, 3.8) is 0 Å². The fourth-order valence-electron chi connectivity index (χ4n) is 0.249. The van der Waals surface area contributed by atoms with Crippen LogP contribution in [-0.2, 0) is 0 Å². The molecule has 0 bridgehead atoms. The first-order valence-corrected chi connectivity index (χ1v) is 1.96. The molecule has 9 heavy (non-hydrogen) atoms. The van der Waals surface area contributed by atoms with Crippen LogP contribution in [0.2, 0.25) is 0 Å². The Morgan fingerprint density at radius 2 is 1.89 bits per heavy atom. The van der Waals surface area contributed by atoms with Crippen LogP contribution in [0.5, 0.6) is 0 Å². The van der Waals surface area contributed by atoms with E-state index in [9.17, 15) is 0 Å². The van der Waals surface area contributed by atoms with Gasteiger partial charge in [0, 0.05) is 14.1 Å². The van der Waals surface area contributed by atoms with E-state index in [1.807, 2.05) is 0 Å². The van der Waals surface area contributed by atoms with Crippen LogP contribution >= 0.6 is 48.0 Å². The van der Waals surface area contributed by atoms with Gasteiger partial charge in [0.1, 0.15) is 0 Å². The zero-order valence-corrected chi connectivity index (χ0v) is 10.0. The SMILES string of the molecule is CN=C(NC)NN.I.I. The zero-order chi connectivity index (χ0) is 5.70. The van der Waals surface area contributed by atoms with Gasteiger partial charge in [0.25, 0.3) is 0 Å². The third-order valence-corrected chi connectivity index (χ3v) is 0.597. The second-order valence-corrected chi connectivity index (χ2v) is 0.967. The van der Waals surface area contributed by atoms with Crippen molar-refractivity contribution >= 4 is 53.9 Å². The molecule has 0 atom stereocenters. The largest absolute Gasteiger partial charge is 0.358 e. The summed E-state index contributed by atoms with van der Waals surface area (Å²) < 4.78 is 0. The predicted octanol–water partition coefficient (Wildman–Crippen LogP) is -0.109. The minimum Gasteiger partial charge on any atom is -0.358 e. The Balaban J connectivity index is -0.000000180. The van der Waals surface area contributed by atoms with Crippen molar-refractivity contribution in [3.8, 4) is 0 Å². The number of hydrogen-bond acceptors (Lipinski definition) is 2. The van der Waals surface area contributed by atoms with Gasteiger partial charge in [-0.2, -0.15) is 0 Å². The molecule has 0 fully saturated rings. The maximum absolute atomic E-state index is 4.95. The second-order valence-electron chi connectivity index (χ2n) is 0.967. The van der Waals surface area contributed by atoms with E-state index in [1.54, 1.807) is 14.1 Å². The minimum absolute atomic E-state index is 0. The lowest BCUT2D eigenvalue weighted by atomic mass is 10.9. The molecular weight excluding hydrogens is 346 g/mol. The Hall–Kier alpha value is 0.690. The molecule has 0 saturated heterocycles. The molecule has 4 nitrogen and oxygen atoms in total. The summed E-state index contributed by atoms with van der Waals surface area (Å²) in [7, 11) is 3.38. The molecular formula is C3H12I2N4. The number of hydrogen-bond donors (Lipinski definition) is 3. The third-order valence-electron chi connectivity index (χ3n) is 0.597. The summed E-state index contributed by atoms with van der Waals surface area (Å²) >= 11 is 0. The molecule has 6 heteroatoms. The maximum Gasteiger partial charge on any atom is 0.205 e. The molecule has 4 N–H and O–H groups in total. The van der Waals surface area contributed by atoms with Crippen molar-refractivity contribution < 1.29 is 0 Å². The molecule has 0 heterocycles. The number of halogens is 2. The van der Waals surface area contributed by atoms with Crippen LogP contribution in [0.3, 0.4) is 0 Å². The van der Waals surface area contributed by atoms with Gasteiger partial charge in [-0.3, -0.25) is 10.4 Å². The van der Waals surface area contributed by atoms with Crippen molar-refractivity contribution in [2.75, 3.05) is 14.1 Å². The summed E-state index contributed by atoms with van der Waals surface area (Å²) in [6, 6.07) is 0. The fraction of sp³-hybridized carbons (Fsp3) is 0.667. The molecule has 0 rings (SSSR count). The summed E-state index contributed by atoms with van der Waals surface area (Å²) in [6.45, 7) is 0. The van der Waals surface area contributed by atoms with Crippen LogP contribution < -0.4 is 16.6 Å². The van der Waals surface area contributed by atoms with Crippen LogP contribution in [0.1, 0.15) is 0 Å². The lowest BCUT2D eigenvalue weighted by Gasteiger charge is -1.98.